The second-order valence-corrected chi connectivity index (χ2v) is 9.85. The lowest BCUT2D eigenvalue weighted by Crippen LogP contribution is -2.52. The van der Waals surface area contributed by atoms with Gasteiger partial charge in [0.15, 0.2) is 6.29 Å². The van der Waals surface area contributed by atoms with Gasteiger partial charge < -0.3 is 14.2 Å². The van der Waals surface area contributed by atoms with E-state index in [-0.39, 0.29) is 17.9 Å². The first-order valence-corrected chi connectivity index (χ1v) is 12.2. The molecule has 2 fully saturated rings. The predicted octanol–water partition coefficient (Wildman–Crippen LogP) is 1.21. The topological polar surface area (TPSA) is 155 Å². The summed E-state index contributed by atoms with van der Waals surface area (Å²) < 4.78 is 89.5. The fraction of sp³-hybridized carbons (Fsp3) is 1.00. The number of hydrogen-bond donors (Lipinski definition) is 2. The largest absolute Gasteiger partial charge is 0.397 e. The van der Waals surface area contributed by atoms with Crippen LogP contribution in [-0.4, -0.2) is 69.4 Å². The number of hydrogen-bond acceptors (Lipinski definition) is 9. The van der Waals surface area contributed by atoms with Crippen molar-refractivity contribution in [3.63, 3.8) is 0 Å². The zero-order chi connectivity index (χ0) is 22.1. The highest BCUT2D eigenvalue weighted by Gasteiger charge is 2.48. The summed E-state index contributed by atoms with van der Waals surface area (Å²) in [7, 11) is -9.32. The van der Waals surface area contributed by atoms with Crippen LogP contribution in [0.15, 0.2) is 0 Å². The molecule has 0 aromatic heterocycles. The van der Waals surface area contributed by atoms with Crippen molar-refractivity contribution >= 4 is 20.8 Å². The zero-order valence-electron chi connectivity index (χ0n) is 17.0. The summed E-state index contributed by atoms with van der Waals surface area (Å²) in [6.45, 7) is 8.48. The van der Waals surface area contributed by atoms with Crippen molar-refractivity contribution in [3.8, 4) is 0 Å². The molecule has 2 N–H and O–H groups in total. The lowest BCUT2D eigenvalue weighted by Gasteiger charge is -2.43. The summed E-state index contributed by atoms with van der Waals surface area (Å²) in [5.74, 6) is -1.06. The maximum atomic E-state index is 11.2. The zero-order valence-corrected chi connectivity index (χ0v) is 18.6. The van der Waals surface area contributed by atoms with Crippen LogP contribution < -0.4 is 0 Å². The van der Waals surface area contributed by atoms with Gasteiger partial charge >= 0.3 is 20.8 Å². The number of rotatable bonds is 8. The lowest BCUT2D eigenvalue weighted by atomic mass is 9.86. The van der Waals surface area contributed by atoms with Gasteiger partial charge in [0.2, 0.25) is 0 Å². The van der Waals surface area contributed by atoms with E-state index < -0.39 is 64.0 Å². The number of ether oxygens (including phenoxy) is 3. The van der Waals surface area contributed by atoms with Gasteiger partial charge in [-0.05, 0) is 13.3 Å². The molecule has 29 heavy (non-hydrogen) atoms. The Morgan fingerprint density at radius 1 is 0.828 bits per heavy atom. The van der Waals surface area contributed by atoms with Crippen LogP contribution in [0.1, 0.15) is 41.0 Å². The van der Waals surface area contributed by atoms with Gasteiger partial charge in [-0.2, -0.15) is 16.8 Å². The molecule has 0 aromatic rings. The maximum Gasteiger partial charge on any atom is 0.397 e. The Bertz CT molecular complexity index is 753. The van der Waals surface area contributed by atoms with Crippen molar-refractivity contribution < 1.29 is 48.5 Å². The molecule has 11 nitrogen and oxygen atoms in total. The van der Waals surface area contributed by atoms with E-state index in [1.807, 2.05) is 13.8 Å². The average Bonchev–Trinajstić information content (AvgIpc) is 2.88. The van der Waals surface area contributed by atoms with E-state index in [0.29, 0.717) is 6.42 Å². The van der Waals surface area contributed by atoms with Crippen LogP contribution in [0.2, 0.25) is 0 Å². The minimum Gasteiger partial charge on any atom is -0.369 e. The van der Waals surface area contributed by atoms with Crippen LogP contribution in [0.3, 0.4) is 0 Å². The molecular weight excluding hydrogens is 432 g/mol. The monoisotopic (exact) mass is 462 g/mol. The second kappa shape index (κ2) is 9.40. The minimum atomic E-state index is -4.67. The molecule has 172 valence electrons. The molecule has 2 saturated heterocycles. The highest BCUT2D eigenvalue weighted by atomic mass is 32.3. The first-order chi connectivity index (χ1) is 13.2. The Kier molecular flexibility index (Phi) is 8.07. The van der Waals surface area contributed by atoms with E-state index >= 15 is 0 Å². The molecule has 9 atom stereocenters. The first kappa shape index (κ1) is 24.9. The lowest BCUT2D eigenvalue weighted by molar-refractivity contribution is -0.276. The minimum absolute atomic E-state index is 0.151. The first-order valence-electron chi connectivity index (χ1n) is 9.47. The summed E-state index contributed by atoms with van der Waals surface area (Å²) in [6.07, 6.45) is -3.22. The SMILES string of the molecule is CCC1OC(COS(=O)(=O)O)C(OC2OC(C)C(C)C(OS(=O)(=O)O)C2C)C1C. The van der Waals surface area contributed by atoms with Crippen molar-refractivity contribution in [1.29, 1.82) is 0 Å². The average molecular weight is 463 g/mol. The van der Waals surface area contributed by atoms with Crippen LogP contribution >= 0.6 is 0 Å². The molecule has 0 spiro atoms. The molecule has 0 bridgehead atoms. The van der Waals surface area contributed by atoms with Crippen molar-refractivity contribution in [2.75, 3.05) is 6.61 Å². The van der Waals surface area contributed by atoms with E-state index in [0.717, 1.165) is 0 Å². The van der Waals surface area contributed by atoms with Crippen LogP contribution in [0, 0.1) is 17.8 Å². The molecular formula is C16H30O11S2. The van der Waals surface area contributed by atoms with Gasteiger partial charge in [0.25, 0.3) is 0 Å². The van der Waals surface area contributed by atoms with Gasteiger partial charge in [0.05, 0.1) is 31.0 Å². The molecule has 9 unspecified atom stereocenters. The molecule has 0 amide bonds. The van der Waals surface area contributed by atoms with Gasteiger partial charge in [-0.25, -0.2) is 8.37 Å². The maximum absolute atomic E-state index is 11.2. The Balaban J connectivity index is 2.18. The van der Waals surface area contributed by atoms with E-state index in [2.05, 4.69) is 4.18 Å². The third kappa shape index (κ3) is 6.55. The van der Waals surface area contributed by atoms with E-state index in [1.165, 1.54) is 0 Å². The molecule has 0 radical (unpaired) electrons. The summed E-state index contributed by atoms with van der Waals surface area (Å²) in [6, 6.07) is 0. The Labute approximate surface area is 171 Å². The van der Waals surface area contributed by atoms with Crippen LogP contribution in [0.25, 0.3) is 0 Å². The summed E-state index contributed by atoms with van der Waals surface area (Å²) in [5.41, 5.74) is 0. The fourth-order valence-electron chi connectivity index (χ4n) is 3.93. The summed E-state index contributed by atoms with van der Waals surface area (Å²) >= 11 is 0. The van der Waals surface area contributed by atoms with Crippen molar-refractivity contribution in [2.45, 2.75) is 77.8 Å². The van der Waals surface area contributed by atoms with E-state index in [9.17, 15) is 16.8 Å². The summed E-state index contributed by atoms with van der Waals surface area (Å²) in [5, 5.41) is 0. The fourth-order valence-corrected chi connectivity index (χ4v) is 4.87. The third-order valence-corrected chi connectivity index (χ3v) is 6.58. The van der Waals surface area contributed by atoms with Crippen LogP contribution in [0.4, 0.5) is 0 Å². The molecule has 0 aromatic carbocycles. The summed E-state index contributed by atoms with van der Waals surface area (Å²) in [4.78, 5) is 0. The molecule has 2 aliphatic rings. The highest BCUT2D eigenvalue weighted by Crippen LogP contribution is 2.38. The van der Waals surface area contributed by atoms with Gasteiger partial charge in [-0.15, -0.1) is 0 Å². The second-order valence-electron chi connectivity index (χ2n) is 7.71. The normalized spacial score (nSPS) is 41.6. The molecule has 0 saturated carbocycles. The van der Waals surface area contributed by atoms with Gasteiger partial charge in [-0.1, -0.05) is 27.7 Å². The quantitative estimate of drug-likeness (QED) is 0.500. The molecule has 13 heteroatoms. The highest BCUT2D eigenvalue weighted by molar-refractivity contribution is 7.81. The molecule has 2 rings (SSSR count). The van der Waals surface area contributed by atoms with Crippen LogP contribution in [-0.2, 0) is 43.4 Å². The van der Waals surface area contributed by atoms with Crippen LogP contribution in [0.5, 0.6) is 0 Å². The van der Waals surface area contributed by atoms with Crippen molar-refractivity contribution in [3.05, 3.63) is 0 Å². The molecule has 0 aliphatic carbocycles. The predicted molar refractivity (Wildman–Crippen MR) is 99.6 cm³/mol. The van der Waals surface area contributed by atoms with Gasteiger partial charge in [0, 0.05) is 17.8 Å². The van der Waals surface area contributed by atoms with Gasteiger partial charge in [0.1, 0.15) is 6.10 Å². The Morgan fingerprint density at radius 2 is 1.45 bits per heavy atom. The smallest absolute Gasteiger partial charge is 0.369 e. The van der Waals surface area contributed by atoms with Crippen molar-refractivity contribution in [2.24, 2.45) is 17.8 Å². The van der Waals surface area contributed by atoms with Crippen molar-refractivity contribution in [1.82, 2.24) is 0 Å². The van der Waals surface area contributed by atoms with Gasteiger partial charge in [-0.3, -0.25) is 9.11 Å². The standard InChI is InChI=1S/C16H30O11S2/c1-6-12-9(3)15(13(25-12)7-23-28(17,18)19)26-16-10(4)14(27-29(20,21)22)8(2)11(5)24-16/h8-16H,6-7H2,1-5H3,(H,17,18,19)(H,20,21,22). The Morgan fingerprint density at radius 3 is 1.97 bits per heavy atom. The Hall–Kier alpha value is -0.380. The van der Waals surface area contributed by atoms with E-state index in [4.69, 9.17) is 27.5 Å². The molecule has 2 heterocycles. The molecule has 2 aliphatic heterocycles. The third-order valence-electron chi connectivity index (χ3n) is 5.68. The van der Waals surface area contributed by atoms with E-state index in [1.54, 1.807) is 20.8 Å².